The third-order valence-electron chi connectivity index (χ3n) is 4.27. The van der Waals surface area contributed by atoms with E-state index in [1.165, 1.54) is 17.9 Å². The van der Waals surface area contributed by atoms with E-state index < -0.39 is 8.07 Å². The Morgan fingerprint density at radius 3 is 2.06 bits per heavy atom. The van der Waals surface area contributed by atoms with Crippen LogP contribution in [0.15, 0.2) is 0 Å². The number of hydrogen-bond donors (Lipinski definition) is 0. The zero-order chi connectivity index (χ0) is 13.3. The van der Waals surface area contributed by atoms with Crippen molar-refractivity contribution in [3.05, 3.63) is 0 Å². The third-order valence-corrected chi connectivity index (χ3v) is 16.9. The predicted octanol–water partition coefficient (Wildman–Crippen LogP) is 4.58. The normalized spacial score (nSPS) is 21.3. The molecule has 100 valence electrons. The maximum atomic E-state index is 11.7. The molecule has 1 aliphatic heterocycles. The molecule has 17 heavy (non-hydrogen) atoms. The lowest BCUT2D eigenvalue weighted by Crippen LogP contribution is -2.57. The van der Waals surface area contributed by atoms with Crippen LogP contribution in [0.2, 0.25) is 18.1 Å². The Labute approximate surface area is 116 Å². The second-order valence-electron chi connectivity index (χ2n) is 6.56. The van der Waals surface area contributed by atoms with E-state index in [0.717, 1.165) is 6.42 Å². The molecule has 0 aromatic rings. The summed E-state index contributed by atoms with van der Waals surface area (Å²) in [5.74, 6) is 2.82. The van der Waals surface area contributed by atoms with E-state index in [1.54, 1.807) is 6.92 Å². The molecule has 0 amide bonds. The van der Waals surface area contributed by atoms with Crippen LogP contribution in [0.4, 0.5) is 0 Å². The fourth-order valence-corrected chi connectivity index (χ4v) is 12.2. The van der Waals surface area contributed by atoms with Crippen LogP contribution in [0.5, 0.6) is 0 Å². The summed E-state index contributed by atoms with van der Waals surface area (Å²) in [5, 5.41) is 0.347. The van der Waals surface area contributed by atoms with Crippen molar-refractivity contribution < 1.29 is 4.79 Å². The van der Waals surface area contributed by atoms with Gasteiger partial charge in [0.05, 0.1) is 11.8 Å². The van der Waals surface area contributed by atoms with Gasteiger partial charge in [-0.25, -0.2) is 0 Å². The SMILES string of the molecule is CC(=O)CC1([Si](C)(C)C(C)(C)C)SCCCS1. The quantitative estimate of drug-likeness (QED) is 0.708. The maximum Gasteiger partial charge on any atom is 0.131 e. The van der Waals surface area contributed by atoms with Gasteiger partial charge in [0, 0.05) is 6.42 Å². The van der Waals surface area contributed by atoms with Crippen molar-refractivity contribution in [1.29, 1.82) is 0 Å². The Balaban J connectivity index is 3.08. The fraction of sp³-hybridized carbons (Fsp3) is 0.923. The summed E-state index contributed by atoms with van der Waals surface area (Å²) in [5.41, 5.74) is 0. The van der Waals surface area contributed by atoms with Gasteiger partial charge in [-0.3, -0.25) is 4.79 Å². The van der Waals surface area contributed by atoms with E-state index in [0.29, 0.717) is 10.8 Å². The van der Waals surface area contributed by atoms with Gasteiger partial charge in [0.2, 0.25) is 0 Å². The highest BCUT2D eigenvalue weighted by Crippen LogP contribution is 2.57. The van der Waals surface area contributed by atoms with Gasteiger partial charge in [-0.05, 0) is 29.9 Å². The summed E-state index contributed by atoms with van der Waals surface area (Å²) in [6.45, 7) is 13.8. The number of rotatable bonds is 3. The molecule has 0 aromatic heterocycles. The molecule has 0 saturated carbocycles. The molecule has 0 unspecified atom stereocenters. The van der Waals surface area contributed by atoms with E-state index in [-0.39, 0.29) is 3.70 Å². The van der Waals surface area contributed by atoms with Gasteiger partial charge in [0.1, 0.15) is 5.78 Å². The first-order valence-electron chi connectivity index (χ1n) is 6.40. The van der Waals surface area contributed by atoms with Gasteiger partial charge >= 0.3 is 0 Å². The second-order valence-corrected chi connectivity index (χ2v) is 15.9. The zero-order valence-electron chi connectivity index (χ0n) is 12.1. The lowest BCUT2D eigenvalue weighted by molar-refractivity contribution is -0.116. The number of carbonyl (C=O) groups is 1. The molecule has 0 N–H and O–H groups in total. The number of ketones is 1. The number of carbonyl (C=O) groups excluding carboxylic acids is 1. The molecule has 1 rings (SSSR count). The van der Waals surface area contributed by atoms with Gasteiger partial charge in [0.25, 0.3) is 0 Å². The van der Waals surface area contributed by atoms with Crippen molar-refractivity contribution in [2.24, 2.45) is 0 Å². The molecule has 1 aliphatic rings. The van der Waals surface area contributed by atoms with Crippen molar-refractivity contribution in [2.75, 3.05) is 11.5 Å². The smallest absolute Gasteiger partial charge is 0.131 e. The molecule has 4 heteroatoms. The van der Waals surface area contributed by atoms with Gasteiger partial charge in [-0.2, -0.15) is 0 Å². The summed E-state index contributed by atoms with van der Waals surface area (Å²) >= 11 is 4.15. The number of thioether (sulfide) groups is 2. The highest BCUT2D eigenvalue weighted by molar-refractivity contribution is 8.21. The standard InChI is InChI=1S/C13H26OS2Si/c1-11(14)10-13(15-8-7-9-16-13)17(5,6)12(2,3)4/h7-10H2,1-6H3. The summed E-state index contributed by atoms with van der Waals surface area (Å²) in [7, 11) is -1.51. The second kappa shape index (κ2) is 5.30. The Morgan fingerprint density at radius 1 is 1.24 bits per heavy atom. The molecule has 0 atom stereocenters. The molecule has 0 aromatic carbocycles. The molecule has 1 heterocycles. The monoisotopic (exact) mass is 290 g/mol. The fourth-order valence-electron chi connectivity index (χ4n) is 2.16. The minimum Gasteiger partial charge on any atom is -0.300 e. The Kier molecular flexibility index (Phi) is 4.87. The zero-order valence-corrected chi connectivity index (χ0v) is 14.7. The highest BCUT2D eigenvalue weighted by atomic mass is 32.2. The molecule has 1 saturated heterocycles. The molecule has 0 radical (unpaired) electrons. The van der Waals surface area contributed by atoms with Crippen LogP contribution < -0.4 is 0 Å². The Hall–Kier alpha value is 0.587. The largest absolute Gasteiger partial charge is 0.300 e. The Morgan fingerprint density at radius 2 is 1.71 bits per heavy atom. The lowest BCUT2D eigenvalue weighted by Gasteiger charge is -2.53. The van der Waals surface area contributed by atoms with Gasteiger partial charge in [0.15, 0.2) is 0 Å². The van der Waals surface area contributed by atoms with Crippen LogP contribution in [0.25, 0.3) is 0 Å². The molecular formula is C13H26OS2Si. The van der Waals surface area contributed by atoms with Crippen LogP contribution in [-0.4, -0.2) is 29.1 Å². The minimum absolute atomic E-state index is 0.204. The van der Waals surface area contributed by atoms with Gasteiger partial charge in [-0.15, -0.1) is 23.5 Å². The minimum atomic E-state index is -1.51. The first kappa shape index (κ1) is 15.6. The van der Waals surface area contributed by atoms with Crippen molar-refractivity contribution in [1.82, 2.24) is 0 Å². The van der Waals surface area contributed by atoms with Crippen molar-refractivity contribution in [3.63, 3.8) is 0 Å². The van der Waals surface area contributed by atoms with Gasteiger partial charge < -0.3 is 0 Å². The summed E-state index contributed by atoms with van der Waals surface area (Å²) in [6, 6.07) is 0. The molecule has 0 aliphatic carbocycles. The van der Waals surface area contributed by atoms with Crippen molar-refractivity contribution >= 4 is 37.4 Å². The van der Waals surface area contributed by atoms with E-state index in [2.05, 4.69) is 57.4 Å². The summed E-state index contributed by atoms with van der Waals surface area (Å²) < 4.78 is 0.204. The average molecular weight is 291 g/mol. The molecule has 1 fully saturated rings. The van der Waals surface area contributed by atoms with E-state index in [1.807, 2.05) is 0 Å². The van der Waals surface area contributed by atoms with E-state index in [4.69, 9.17) is 0 Å². The summed E-state index contributed by atoms with van der Waals surface area (Å²) in [4.78, 5) is 11.7. The molecule has 1 nitrogen and oxygen atoms in total. The van der Waals surface area contributed by atoms with Crippen LogP contribution >= 0.6 is 23.5 Å². The molecule has 0 spiro atoms. The van der Waals surface area contributed by atoms with Crippen molar-refractivity contribution in [2.45, 2.75) is 62.4 Å². The molecule has 0 bridgehead atoms. The maximum absolute atomic E-state index is 11.7. The van der Waals surface area contributed by atoms with E-state index in [9.17, 15) is 4.79 Å². The third kappa shape index (κ3) is 3.13. The van der Waals surface area contributed by atoms with Crippen LogP contribution in [0.1, 0.15) is 40.5 Å². The predicted molar refractivity (Wildman–Crippen MR) is 84.8 cm³/mol. The number of hydrogen-bond acceptors (Lipinski definition) is 3. The average Bonchev–Trinajstić information content (AvgIpc) is 2.16. The summed E-state index contributed by atoms with van der Waals surface area (Å²) in [6.07, 6.45) is 2.06. The highest BCUT2D eigenvalue weighted by Gasteiger charge is 2.54. The van der Waals surface area contributed by atoms with Gasteiger partial charge in [-0.1, -0.05) is 33.9 Å². The van der Waals surface area contributed by atoms with Crippen LogP contribution in [-0.2, 0) is 4.79 Å². The number of Topliss-reactive ketones (excluding diaryl/α,β-unsaturated/α-hetero) is 1. The molecular weight excluding hydrogens is 264 g/mol. The Bertz CT molecular complexity index is 288. The van der Waals surface area contributed by atoms with Crippen LogP contribution in [0, 0.1) is 0 Å². The first-order chi connectivity index (χ1) is 7.62. The van der Waals surface area contributed by atoms with E-state index >= 15 is 0 Å². The first-order valence-corrected chi connectivity index (χ1v) is 11.4. The topological polar surface area (TPSA) is 17.1 Å². The van der Waals surface area contributed by atoms with Crippen LogP contribution in [0.3, 0.4) is 0 Å². The van der Waals surface area contributed by atoms with Crippen molar-refractivity contribution in [3.8, 4) is 0 Å². The lowest BCUT2D eigenvalue weighted by atomic mass is 10.2.